The van der Waals surface area contributed by atoms with Gasteiger partial charge < -0.3 is 14.7 Å². The number of aliphatic hydroxyl groups excluding tert-OH is 1. The fourth-order valence-corrected chi connectivity index (χ4v) is 3.64. The van der Waals surface area contributed by atoms with Gasteiger partial charge in [0.2, 0.25) is 5.88 Å². The van der Waals surface area contributed by atoms with Crippen LogP contribution in [0.4, 0.5) is 0 Å². The Balaban J connectivity index is 1.53. The van der Waals surface area contributed by atoms with Crippen molar-refractivity contribution in [2.45, 2.75) is 44.9 Å². The van der Waals surface area contributed by atoms with Crippen molar-refractivity contribution in [1.82, 2.24) is 19.7 Å². The fourth-order valence-electron chi connectivity index (χ4n) is 3.64. The predicted octanol–water partition coefficient (Wildman–Crippen LogP) is 2.17. The van der Waals surface area contributed by atoms with Crippen LogP contribution < -0.4 is 4.74 Å². The number of methoxy groups -OCH3 is 1. The molecule has 0 radical (unpaired) electrons. The average molecular weight is 356 g/mol. The van der Waals surface area contributed by atoms with E-state index in [0.717, 1.165) is 37.2 Å². The molecule has 7 nitrogen and oxygen atoms in total. The smallest absolute Gasteiger partial charge is 0.254 e. The second-order valence-corrected chi connectivity index (χ2v) is 7.09. The van der Waals surface area contributed by atoms with Crippen molar-refractivity contribution < 1.29 is 14.6 Å². The van der Waals surface area contributed by atoms with Crippen LogP contribution in [0.3, 0.4) is 0 Å². The van der Waals surface area contributed by atoms with E-state index >= 15 is 0 Å². The molecule has 4 rings (SSSR count). The molecule has 7 heteroatoms. The van der Waals surface area contributed by atoms with E-state index in [-0.39, 0.29) is 5.91 Å². The van der Waals surface area contributed by atoms with Crippen molar-refractivity contribution in [3.05, 3.63) is 41.3 Å². The highest BCUT2D eigenvalue weighted by Crippen LogP contribution is 2.37. The molecule has 1 aliphatic heterocycles. The van der Waals surface area contributed by atoms with Gasteiger partial charge in [0.25, 0.3) is 5.91 Å². The number of nitrogens with zero attached hydrogens (tertiary/aromatic N) is 4. The highest BCUT2D eigenvalue weighted by molar-refractivity contribution is 5.94. The monoisotopic (exact) mass is 356 g/mol. The lowest BCUT2D eigenvalue weighted by Crippen LogP contribution is -2.30. The van der Waals surface area contributed by atoms with Gasteiger partial charge in [-0.25, -0.2) is 4.98 Å². The average Bonchev–Trinajstić information content (AvgIpc) is 2.91. The van der Waals surface area contributed by atoms with Crippen molar-refractivity contribution >= 4 is 5.91 Å². The summed E-state index contributed by atoms with van der Waals surface area (Å²) < 4.78 is 7.06. The summed E-state index contributed by atoms with van der Waals surface area (Å²) in [6.07, 6.45) is 5.25. The Kier molecular flexibility index (Phi) is 4.63. The standard InChI is InChI=1S/C19H24N4O3/c1-26-17-10-14(6-7-20-17)19(25)22-8-3-9-23-15(12-22)11-16(21-23)18(24)13-4-2-5-13/h6-7,10-11,13,18,24H,2-5,8-9,12H2,1H3/t18-/m0/s1. The lowest BCUT2D eigenvalue weighted by Gasteiger charge is -2.29. The zero-order valence-electron chi connectivity index (χ0n) is 15.0. The molecule has 1 N–H and O–H groups in total. The topological polar surface area (TPSA) is 80.5 Å². The number of aryl methyl sites for hydroxylation is 1. The van der Waals surface area contributed by atoms with Gasteiger partial charge in [0.15, 0.2) is 0 Å². The van der Waals surface area contributed by atoms with E-state index < -0.39 is 6.10 Å². The molecule has 1 amide bonds. The first-order valence-corrected chi connectivity index (χ1v) is 9.19. The van der Waals surface area contributed by atoms with E-state index in [4.69, 9.17) is 4.74 Å². The van der Waals surface area contributed by atoms with Crippen LogP contribution in [0.2, 0.25) is 0 Å². The summed E-state index contributed by atoms with van der Waals surface area (Å²) in [6, 6.07) is 5.33. The van der Waals surface area contributed by atoms with Gasteiger partial charge in [-0.3, -0.25) is 9.48 Å². The number of fused-ring (bicyclic) bond motifs is 1. The van der Waals surface area contributed by atoms with Crippen LogP contribution in [0.25, 0.3) is 0 Å². The number of carbonyl (C=O) groups excluding carboxylic acids is 1. The summed E-state index contributed by atoms with van der Waals surface area (Å²) in [5, 5.41) is 15.1. The Morgan fingerprint density at radius 2 is 2.15 bits per heavy atom. The van der Waals surface area contributed by atoms with E-state index in [9.17, 15) is 9.90 Å². The molecule has 0 unspecified atom stereocenters. The summed E-state index contributed by atoms with van der Waals surface area (Å²) >= 11 is 0. The minimum Gasteiger partial charge on any atom is -0.481 e. The number of pyridine rings is 1. The molecule has 0 bridgehead atoms. The van der Waals surface area contributed by atoms with Gasteiger partial charge in [0.1, 0.15) is 6.10 Å². The number of aromatic nitrogens is 3. The van der Waals surface area contributed by atoms with Crippen molar-refractivity contribution in [3.8, 4) is 5.88 Å². The normalized spacial score (nSPS) is 18.6. The van der Waals surface area contributed by atoms with Crippen molar-refractivity contribution in [2.24, 2.45) is 5.92 Å². The SMILES string of the molecule is COc1cc(C(=O)N2CCCn3nc([C@@H](O)C4CCC4)cc3C2)ccn1. The number of hydrogen-bond acceptors (Lipinski definition) is 5. The third-order valence-electron chi connectivity index (χ3n) is 5.41. The van der Waals surface area contributed by atoms with Crippen molar-refractivity contribution in [3.63, 3.8) is 0 Å². The second-order valence-electron chi connectivity index (χ2n) is 7.09. The van der Waals surface area contributed by atoms with E-state index in [1.807, 2.05) is 15.6 Å². The molecule has 0 aromatic carbocycles. The number of rotatable bonds is 4. The molecule has 2 aromatic rings. The quantitative estimate of drug-likeness (QED) is 0.908. The Morgan fingerprint density at radius 1 is 1.31 bits per heavy atom. The summed E-state index contributed by atoms with van der Waals surface area (Å²) in [5.41, 5.74) is 2.29. The zero-order valence-corrected chi connectivity index (χ0v) is 15.0. The van der Waals surface area contributed by atoms with Crippen LogP contribution >= 0.6 is 0 Å². The van der Waals surface area contributed by atoms with E-state index in [2.05, 4.69) is 10.1 Å². The maximum absolute atomic E-state index is 12.9. The molecule has 2 aliphatic rings. The molecule has 26 heavy (non-hydrogen) atoms. The van der Waals surface area contributed by atoms with E-state index in [1.165, 1.54) is 13.5 Å². The van der Waals surface area contributed by atoms with Gasteiger partial charge in [-0.2, -0.15) is 5.10 Å². The lowest BCUT2D eigenvalue weighted by atomic mass is 9.80. The minimum atomic E-state index is -0.489. The van der Waals surface area contributed by atoms with Gasteiger partial charge in [-0.1, -0.05) is 6.42 Å². The molecule has 1 fully saturated rings. The maximum Gasteiger partial charge on any atom is 0.254 e. The van der Waals surface area contributed by atoms with Crippen LogP contribution in [-0.4, -0.2) is 44.3 Å². The summed E-state index contributed by atoms with van der Waals surface area (Å²) in [4.78, 5) is 18.8. The lowest BCUT2D eigenvalue weighted by molar-refractivity contribution is 0.0580. The summed E-state index contributed by atoms with van der Waals surface area (Å²) in [7, 11) is 1.54. The van der Waals surface area contributed by atoms with Gasteiger partial charge in [0, 0.05) is 30.9 Å². The fraction of sp³-hybridized carbons (Fsp3) is 0.526. The Morgan fingerprint density at radius 3 is 2.88 bits per heavy atom. The number of hydrogen-bond donors (Lipinski definition) is 1. The largest absolute Gasteiger partial charge is 0.481 e. The molecule has 138 valence electrons. The zero-order chi connectivity index (χ0) is 18.1. The number of carbonyl (C=O) groups is 1. The first kappa shape index (κ1) is 17.0. The Bertz CT molecular complexity index is 800. The number of ether oxygens (including phenoxy) is 1. The Hall–Kier alpha value is -2.41. The molecule has 1 saturated carbocycles. The van der Waals surface area contributed by atoms with Crippen LogP contribution in [0, 0.1) is 5.92 Å². The maximum atomic E-state index is 12.9. The Labute approximate surface area is 152 Å². The van der Waals surface area contributed by atoms with Crippen LogP contribution in [0.1, 0.15) is 53.5 Å². The van der Waals surface area contributed by atoms with Crippen LogP contribution in [0.5, 0.6) is 5.88 Å². The van der Waals surface area contributed by atoms with Gasteiger partial charge in [0.05, 0.1) is 25.0 Å². The third-order valence-corrected chi connectivity index (χ3v) is 5.41. The highest BCUT2D eigenvalue weighted by atomic mass is 16.5. The van der Waals surface area contributed by atoms with Crippen molar-refractivity contribution in [2.75, 3.05) is 13.7 Å². The third kappa shape index (κ3) is 3.19. The highest BCUT2D eigenvalue weighted by Gasteiger charge is 2.30. The molecule has 0 spiro atoms. The first-order valence-electron chi connectivity index (χ1n) is 9.19. The van der Waals surface area contributed by atoms with Crippen molar-refractivity contribution in [1.29, 1.82) is 0 Å². The predicted molar refractivity (Wildman–Crippen MR) is 94.7 cm³/mol. The summed E-state index contributed by atoms with van der Waals surface area (Å²) in [6.45, 7) is 1.93. The molecule has 2 aromatic heterocycles. The van der Waals surface area contributed by atoms with Gasteiger partial charge in [-0.15, -0.1) is 0 Å². The second kappa shape index (κ2) is 7.07. The minimum absolute atomic E-state index is 0.0403. The molecule has 3 heterocycles. The number of amides is 1. The van der Waals surface area contributed by atoms with E-state index in [1.54, 1.807) is 18.3 Å². The molecule has 0 saturated heterocycles. The van der Waals surface area contributed by atoms with Gasteiger partial charge >= 0.3 is 0 Å². The molecule has 1 atom stereocenters. The first-order chi connectivity index (χ1) is 12.7. The summed E-state index contributed by atoms with van der Waals surface area (Å²) in [5.74, 6) is 0.722. The molecule has 1 aliphatic carbocycles. The van der Waals surface area contributed by atoms with Gasteiger partial charge in [-0.05, 0) is 37.3 Å². The van der Waals surface area contributed by atoms with Crippen LogP contribution in [0.15, 0.2) is 24.4 Å². The number of aliphatic hydroxyl groups is 1. The molecular formula is C19H24N4O3. The van der Waals surface area contributed by atoms with E-state index in [0.29, 0.717) is 30.5 Å². The molecular weight excluding hydrogens is 332 g/mol. The van der Waals surface area contributed by atoms with Crippen LogP contribution in [-0.2, 0) is 13.1 Å².